The maximum absolute atomic E-state index is 9.73. The van der Waals surface area contributed by atoms with Gasteiger partial charge < -0.3 is 4.90 Å². The topological polar surface area (TPSA) is 39.1 Å². The summed E-state index contributed by atoms with van der Waals surface area (Å²) in [6, 6.07) is 3.25. The molecule has 3 saturated heterocycles. The van der Waals surface area contributed by atoms with Crippen LogP contribution in [-0.2, 0) is 0 Å². The lowest BCUT2D eigenvalue weighted by Crippen LogP contribution is -2.67. The molecule has 0 spiro atoms. The van der Waals surface area contributed by atoms with E-state index in [9.17, 15) is 5.26 Å². The van der Waals surface area contributed by atoms with Crippen LogP contribution >= 0.6 is 0 Å². The summed E-state index contributed by atoms with van der Waals surface area (Å²) in [5.41, 5.74) is -0.231. The average molecular weight is 247 g/mol. The van der Waals surface area contributed by atoms with Gasteiger partial charge in [0.1, 0.15) is 5.54 Å². The van der Waals surface area contributed by atoms with Gasteiger partial charge in [-0.25, -0.2) is 0 Å². The van der Waals surface area contributed by atoms with Gasteiger partial charge in [-0.1, -0.05) is 25.7 Å². The number of hydrogen-bond acceptors (Lipinski definition) is 3. The Labute approximate surface area is 111 Å². The number of nitrogens with one attached hydrogen (secondary N) is 1. The molecule has 4 fully saturated rings. The van der Waals surface area contributed by atoms with Crippen molar-refractivity contribution in [1.82, 2.24) is 10.2 Å². The zero-order chi connectivity index (χ0) is 12.4. The number of piperidine rings is 3. The van der Waals surface area contributed by atoms with E-state index in [1.165, 1.54) is 64.5 Å². The van der Waals surface area contributed by atoms with Crippen LogP contribution < -0.4 is 5.32 Å². The van der Waals surface area contributed by atoms with Crippen LogP contribution in [0.25, 0.3) is 0 Å². The molecule has 18 heavy (non-hydrogen) atoms. The van der Waals surface area contributed by atoms with Gasteiger partial charge in [0.05, 0.1) is 6.07 Å². The van der Waals surface area contributed by atoms with E-state index in [2.05, 4.69) is 16.3 Å². The molecule has 1 unspecified atom stereocenters. The van der Waals surface area contributed by atoms with Gasteiger partial charge >= 0.3 is 0 Å². The standard InChI is InChI=1S/C15H25N3/c16-11-15(12-18-9-7-13(15)8-10-18)17-14-5-3-1-2-4-6-14/h13-14,17H,1-10,12H2. The largest absolute Gasteiger partial charge is 0.300 e. The highest BCUT2D eigenvalue weighted by atomic mass is 15.2. The van der Waals surface area contributed by atoms with Crippen molar-refractivity contribution in [3.63, 3.8) is 0 Å². The Kier molecular flexibility index (Phi) is 3.59. The third kappa shape index (κ3) is 2.29. The molecule has 0 aromatic heterocycles. The van der Waals surface area contributed by atoms with E-state index in [1.54, 1.807) is 0 Å². The molecule has 4 rings (SSSR count). The van der Waals surface area contributed by atoms with Crippen LogP contribution in [0.5, 0.6) is 0 Å². The Bertz CT molecular complexity index is 319. The molecule has 1 atom stereocenters. The molecule has 100 valence electrons. The molecule has 1 aliphatic carbocycles. The average Bonchev–Trinajstić information content (AvgIpc) is 2.68. The van der Waals surface area contributed by atoms with E-state index in [0.29, 0.717) is 12.0 Å². The first kappa shape index (κ1) is 12.4. The summed E-state index contributed by atoms with van der Waals surface area (Å²) in [7, 11) is 0. The summed E-state index contributed by atoms with van der Waals surface area (Å²) in [4.78, 5) is 2.48. The Morgan fingerprint density at radius 3 is 2.17 bits per heavy atom. The lowest BCUT2D eigenvalue weighted by Gasteiger charge is -2.51. The minimum atomic E-state index is -0.231. The molecule has 4 aliphatic rings. The van der Waals surface area contributed by atoms with Gasteiger partial charge in [0.25, 0.3) is 0 Å². The fourth-order valence-electron chi connectivity index (χ4n) is 4.18. The summed E-state index contributed by atoms with van der Waals surface area (Å²) in [5.74, 6) is 0.593. The Hall–Kier alpha value is -0.590. The minimum absolute atomic E-state index is 0.231. The summed E-state index contributed by atoms with van der Waals surface area (Å²) in [6.45, 7) is 3.38. The van der Waals surface area contributed by atoms with Gasteiger partial charge in [-0.3, -0.25) is 5.32 Å². The van der Waals surface area contributed by atoms with E-state index in [-0.39, 0.29) is 5.54 Å². The maximum atomic E-state index is 9.73. The molecule has 3 heterocycles. The van der Waals surface area contributed by atoms with Crippen LogP contribution in [0.15, 0.2) is 0 Å². The quantitative estimate of drug-likeness (QED) is 0.761. The molecule has 0 aromatic rings. The first-order valence-electron chi connectivity index (χ1n) is 7.74. The monoisotopic (exact) mass is 247 g/mol. The van der Waals surface area contributed by atoms with Gasteiger partial charge in [-0.2, -0.15) is 5.26 Å². The fraction of sp³-hybridized carbons (Fsp3) is 0.933. The van der Waals surface area contributed by atoms with Crippen LogP contribution in [-0.4, -0.2) is 36.1 Å². The molecule has 3 nitrogen and oxygen atoms in total. The maximum Gasteiger partial charge on any atom is 0.122 e. The van der Waals surface area contributed by atoms with Crippen LogP contribution in [0, 0.1) is 17.2 Å². The zero-order valence-corrected chi connectivity index (χ0v) is 11.3. The smallest absolute Gasteiger partial charge is 0.122 e. The molecule has 0 radical (unpaired) electrons. The molecule has 1 N–H and O–H groups in total. The van der Waals surface area contributed by atoms with E-state index < -0.39 is 0 Å². The van der Waals surface area contributed by atoms with Crippen molar-refractivity contribution in [2.45, 2.75) is 62.9 Å². The Morgan fingerprint density at radius 1 is 1.00 bits per heavy atom. The minimum Gasteiger partial charge on any atom is -0.300 e. The molecule has 1 saturated carbocycles. The van der Waals surface area contributed by atoms with Crippen molar-refractivity contribution in [1.29, 1.82) is 5.26 Å². The number of rotatable bonds is 2. The predicted molar refractivity (Wildman–Crippen MR) is 72.1 cm³/mol. The molecular formula is C15H25N3. The van der Waals surface area contributed by atoms with Crippen molar-refractivity contribution >= 4 is 0 Å². The van der Waals surface area contributed by atoms with Crippen molar-refractivity contribution in [3.8, 4) is 6.07 Å². The van der Waals surface area contributed by atoms with Gasteiger partial charge in [0.2, 0.25) is 0 Å². The van der Waals surface area contributed by atoms with Crippen LogP contribution in [0.2, 0.25) is 0 Å². The van der Waals surface area contributed by atoms with E-state index >= 15 is 0 Å². The second-order valence-corrected chi connectivity index (χ2v) is 6.47. The molecule has 3 heteroatoms. The van der Waals surface area contributed by atoms with Crippen LogP contribution in [0.1, 0.15) is 51.4 Å². The first-order valence-corrected chi connectivity index (χ1v) is 7.74. The number of nitrogens with zero attached hydrogens (tertiary/aromatic N) is 2. The molecule has 3 aliphatic heterocycles. The van der Waals surface area contributed by atoms with Crippen molar-refractivity contribution in [2.24, 2.45) is 5.92 Å². The number of nitriles is 1. The Balaban J connectivity index is 1.70. The van der Waals surface area contributed by atoms with Gasteiger partial charge in [-0.15, -0.1) is 0 Å². The molecular weight excluding hydrogens is 222 g/mol. The van der Waals surface area contributed by atoms with E-state index in [4.69, 9.17) is 0 Å². The van der Waals surface area contributed by atoms with Crippen molar-refractivity contribution in [2.75, 3.05) is 19.6 Å². The van der Waals surface area contributed by atoms with Crippen LogP contribution in [0.4, 0.5) is 0 Å². The predicted octanol–water partition coefficient (Wildman–Crippen LogP) is 2.29. The summed E-state index contributed by atoms with van der Waals surface area (Å²) >= 11 is 0. The van der Waals surface area contributed by atoms with Gasteiger partial charge in [0.15, 0.2) is 0 Å². The SMILES string of the molecule is N#CC1(NC2CCCCCC2)CN2CCC1CC2. The summed E-state index contributed by atoms with van der Waals surface area (Å²) < 4.78 is 0. The normalized spacial score (nSPS) is 41.3. The van der Waals surface area contributed by atoms with E-state index in [0.717, 1.165) is 6.54 Å². The van der Waals surface area contributed by atoms with E-state index in [1.807, 2.05) is 0 Å². The summed E-state index contributed by atoms with van der Waals surface area (Å²) in [6.07, 6.45) is 10.4. The van der Waals surface area contributed by atoms with Crippen molar-refractivity contribution in [3.05, 3.63) is 0 Å². The summed E-state index contributed by atoms with van der Waals surface area (Å²) in [5, 5.41) is 13.5. The molecule has 2 bridgehead atoms. The highest BCUT2D eigenvalue weighted by molar-refractivity contribution is 5.17. The Morgan fingerprint density at radius 2 is 1.67 bits per heavy atom. The number of fused-ring (bicyclic) bond motifs is 3. The third-order valence-corrected chi connectivity index (χ3v) is 5.27. The number of hydrogen-bond donors (Lipinski definition) is 1. The van der Waals surface area contributed by atoms with Crippen LogP contribution in [0.3, 0.4) is 0 Å². The second-order valence-electron chi connectivity index (χ2n) is 6.47. The second kappa shape index (κ2) is 5.19. The fourth-order valence-corrected chi connectivity index (χ4v) is 4.18. The highest BCUT2D eigenvalue weighted by Crippen LogP contribution is 2.36. The van der Waals surface area contributed by atoms with Gasteiger partial charge in [-0.05, 0) is 44.7 Å². The third-order valence-electron chi connectivity index (χ3n) is 5.27. The lowest BCUT2D eigenvalue weighted by atomic mass is 9.73. The first-order chi connectivity index (χ1) is 8.82. The molecule has 0 amide bonds. The highest BCUT2D eigenvalue weighted by Gasteiger charge is 2.47. The molecule has 0 aromatic carbocycles. The lowest BCUT2D eigenvalue weighted by molar-refractivity contribution is 0.0294. The zero-order valence-electron chi connectivity index (χ0n) is 11.3. The van der Waals surface area contributed by atoms with Gasteiger partial charge in [0, 0.05) is 12.6 Å². The van der Waals surface area contributed by atoms with Crippen molar-refractivity contribution < 1.29 is 0 Å².